The number of rotatable bonds is 8. The molecular weight excluding hydrogens is 380 g/mol. The van der Waals surface area contributed by atoms with Crippen LogP contribution < -0.4 is 10.2 Å². The molecule has 2 aromatic rings. The molecule has 132 valence electrons. The molecular formula is C20H23BrN2O2. The zero-order valence-corrected chi connectivity index (χ0v) is 16.2. The number of hydrazone groups is 1. The fourth-order valence-corrected chi connectivity index (χ4v) is 2.88. The SMILES string of the molecule is CCCCC(=NNC(=O)COc1ccc(C)cc1Br)c1ccccc1. The van der Waals surface area contributed by atoms with E-state index in [-0.39, 0.29) is 12.5 Å². The maximum absolute atomic E-state index is 12.0. The van der Waals surface area contributed by atoms with Crippen LogP contribution in [0.3, 0.4) is 0 Å². The highest BCUT2D eigenvalue weighted by atomic mass is 79.9. The minimum Gasteiger partial charge on any atom is -0.483 e. The number of unbranched alkanes of at least 4 members (excludes halogenated alkanes) is 1. The van der Waals surface area contributed by atoms with Crippen LogP contribution in [0.15, 0.2) is 58.1 Å². The van der Waals surface area contributed by atoms with Gasteiger partial charge in [0.2, 0.25) is 0 Å². The summed E-state index contributed by atoms with van der Waals surface area (Å²) < 4.78 is 6.37. The lowest BCUT2D eigenvalue weighted by Crippen LogP contribution is -2.26. The van der Waals surface area contributed by atoms with E-state index in [1.54, 1.807) is 0 Å². The molecule has 0 atom stereocenters. The van der Waals surface area contributed by atoms with Crippen LogP contribution in [0.1, 0.15) is 37.3 Å². The van der Waals surface area contributed by atoms with E-state index in [2.05, 4.69) is 33.4 Å². The van der Waals surface area contributed by atoms with Gasteiger partial charge in [-0.2, -0.15) is 5.10 Å². The van der Waals surface area contributed by atoms with Crippen LogP contribution in [0.25, 0.3) is 0 Å². The molecule has 2 aromatic carbocycles. The van der Waals surface area contributed by atoms with Gasteiger partial charge in [-0.15, -0.1) is 0 Å². The van der Waals surface area contributed by atoms with Gasteiger partial charge in [-0.05, 0) is 59.0 Å². The second-order valence-electron chi connectivity index (χ2n) is 5.79. The number of amides is 1. The number of hydrogen-bond acceptors (Lipinski definition) is 3. The number of carbonyl (C=O) groups is 1. The summed E-state index contributed by atoms with van der Waals surface area (Å²) in [5.41, 5.74) is 5.63. The van der Waals surface area contributed by atoms with Gasteiger partial charge in [0.05, 0.1) is 10.2 Å². The number of ether oxygens (including phenoxy) is 1. The fraction of sp³-hybridized carbons (Fsp3) is 0.300. The zero-order valence-electron chi connectivity index (χ0n) is 14.6. The summed E-state index contributed by atoms with van der Waals surface area (Å²) in [6.45, 7) is 4.05. The second-order valence-corrected chi connectivity index (χ2v) is 6.64. The molecule has 0 unspecified atom stereocenters. The van der Waals surface area contributed by atoms with E-state index in [1.807, 2.05) is 55.5 Å². The second kappa shape index (κ2) is 9.99. The first-order valence-corrected chi connectivity index (χ1v) is 9.19. The van der Waals surface area contributed by atoms with E-state index in [0.717, 1.165) is 40.6 Å². The van der Waals surface area contributed by atoms with Crippen molar-refractivity contribution in [2.75, 3.05) is 6.61 Å². The molecule has 0 aromatic heterocycles. The molecule has 0 aliphatic carbocycles. The minimum absolute atomic E-state index is 0.0823. The van der Waals surface area contributed by atoms with Crippen LogP contribution in [0.4, 0.5) is 0 Å². The van der Waals surface area contributed by atoms with Crippen LogP contribution in [0.2, 0.25) is 0 Å². The Morgan fingerprint density at radius 3 is 2.64 bits per heavy atom. The molecule has 5 heteroatoms. The van der Waals surface area contributed by atoms with Gasteiger partial charge < -0.3 is 4.74 Å². The lowest BCUT2D eigenvalue weighted by atomic mass is 10.1. The van der Waals surface area contributed by atoms with Gasteiger partial charge >= 0.3 is 0 Å². The van der Waals surface area contributed by atoms with Gasteiger partial charge in [0.25, 0.3) is 5.91 Å². The molecule has 25 heavy (non-hydrogen) atoms. The van der Waals surface area contributed by atoms with Gasteiger partial charge in [-0.3, -0.25) is 4.79 Å². The lowest BCUT2D eigenvalue weighted by molar-refractivity contribution is -0.123. The Kier molecular flexibility index (Phi) is 7.67. The summed E-state index contributed by atoms with van der Waals surface area (Å²) >= 11 is 3.43. The van der Waals surface area contributed by atoms with Crippen LogP contribution >= 0.6 is 15.9 Å². The standard InChI is InChI=1S/C20H23BrN2O2/c1-3-4-10-18(16-8-6-5-7-9-16)22-23-20(24)14-25-19-12-11-15(2)13-17(19)21/h5-9,11-13H,3-4,10,14H2,1-2H3,(H,23,24). The van der Waals surface area contributed by atoms with Gasteiger partial charge in [-0.25, -0.2) is 5.43 Å². The van der Waals surface area contributed by atoms with Crippen molar-refractivity contribution in [3.8, 4) is 5.75 Å². The Labute approximate surface area is 157 Å². The molecule has 0 spiro atoms. The van der Waals surface area contributed by atoms with E-state index in [1.165, 1.54) is 0 Å². The molecule has 0 fully saturated rings. The van der Waals surface area contributed by atoms with Crippen molar-refractivity contribution in [1.82, 2.24) is 5.43 Å². The van der Waals surface area contributed by atoms with Gasteiger partial charge in [0.15, 0.2) is 6.61 Å². The van der Waals surface area contributed by atoms with Crippen LogP contribution in [0.5, 0.6) is 5.75 Å². The molecule has 0 heterocycles. The highest BCUT2D eigenvalue weighted by Gasteiger charge is 2.07. The van der Waals surface area contributed by atoms with Crippen LogP contribution in [-0.4, -0.2) is 18.2 Å². The highest BCUT2D eigenvalue weighted by Crippen LogP contribution is 2.25. The number of benzene rings is 2. The molecule has 0 aliphatic rings. The third-order valence-electron chi connectivity index (χ3n) is 3.64. The van der Waals surface area contributed by atoms with E-state index in [9.17, 15) is 4.79 Å². The average Bonchev–Trinajstić information content (AvgIpc) is 2.62. The van der Waals surface area contributed by atoms with Crippen molar-refractivity contribution in [3.05, 3.63) is 64.1 Å². The Balaban J connectivity index is 1.96. The highest BCUT2D eigenvalue weighted by molar-refractivity contribution is 9.10. The first kappa shape index (κ1) is 19.2. The number of aryl methyl sites for hydroxylation is 1. The molecule has 0 aliphatic heterocycles. The van der Waals surface area contributed by atoms with Crippen molar-refractivity contribution in [2.24, 2.45) is 5.10 Å². The van der Waals surface area contributed by atoms with Gasteiger partial charge in [-0.1, -0.05) is 49.7 Å². The Bertz CT molecular complexity index is 730. The fourth-order valence-electron chi connectivity index (χ4n) is 2.27. The number of hydrogen-bond donors (Lipinski definition) is 1. The van der Waals surface area contributed by atoms with E-state index < -0.39 is 0 Å². The molecule has 1 N–H and O–H groups in total. The van der Waals surface area contributed by atoms with Crippen molar-refractivity contribution in [3.63, 3.8) is 0 Å². The first-order chi connectivity index (χ1) is 12.1. The third-order valence-corrected chi connectivity index (χ3v) is 4.26. The monoisotopic (exact) mass is 402 g/mol. The topological polar surface area (TPSA) is 50.7 Å². The van der Waals surface area contributed by atoms with Crippen molar-refractivity contribution < 1.29 is 9.53 Å². The molecule has 0 saturated carbocycles. The van der Waals surface area contributed by atoms with Crippen LogP contribution in [0, 0.1) is 6.92 Å². The summed E-state index contributed by atoms with van der Waals surface area (Å²) in [4.78, 5) is 12.0. The number of nitrogens with zero attached hydrogens (tertiary/aromatic N) is 1. The zero-order chi connectivity index (χ0) is 18.1. The number of nitrogens with one attached hydrogen (secondary N) is 1. The maximum Gasteiger partial charge on any atom is 0.277 e. The predicted molar refractivity (Wildman–Crippen MR) is 105 cm³/mol. The van der Waals surface area contributed by atoms with Gasteiger partial charge in [0, 0.05) is 0 Å². The average molecular weight is 403 g/mol. The maximum atomic E-state index is 12.0. The Hall–Kier alpha value is -2.14. The lowest BCUT2D eigenvalue weighted by Gasteiger charge is -2.09. The summed E-state index contributed by atoms with van der Waals surface area (Å²) in [7, 11) is 0. The quantitative estimate of drug-likeness (QED) is 0.506. The molecule has 1 amide bonds. The number of carbonyl (C=O) groups excluding carboxylic acids is 1. The Morgan fingerprint density at radius 2 is 1.96 bits per heavy atom. The summed E-state index contributed by atoms with van der Waals surface area (Å²) in [6.07, 6.45) is 2.92. The summed E-state index contributed by atoms with van der Waals surface area (Å²) in [5, 5.41) is 4.31. The largest absolute Gasteiger partial charge is 0.483 e. The van der Waals surface area contributed by atoms with E-state index in [0.29, 0.717) is 5.75 Å². The van der Waals surface area contributed by atoms with Crippen LogP contribution in [-0.2, 0) is 4.79 Å². The molecule has 2 rings (SSSR count). The first-order valence-electron chi connectivity index (χ1n) is 8.40. The third kappa shape index (κ3) is 6.35. The van der Waals surface area contributed by atoms with Crippen molar-refractivity contribution in [2.45, 2.75) is 33.1 Å². The smallest absolute Gasteiger partial charge is 0.277 e. The molecule has 0 saturated heterocycles. The van der Waals surface area contributed by atoms with Gasteiger partial charge in [0.1, 0.15) is 5.75 Å². The Morgan fingerprint density at radius 1 is 1.20 bits per heavy atom. The predicted octanol–water partition coefficient (Wildman–Crippen LogP) is 4.85. The molecule has 4 nitrogen and oxygen atoms in total. The minimum atomic E-state index is -0.280. The molecule has 0 radical (unpaired) electrons. The summed E-state index contributed by atoms with van der Waals surface area (Å²) in [5.74, 6) is 0.358. The molecule has 0 bridgehead atoms. The number of halogens is 1. The van der Waals surface area contributed by atoms with Crippen molar-refractivity contribution in [1.29, 1.82) is 0 Å². The summed E-state index contributed by atoms with van der Waals surface area (Å²) in [6, 6.07) is 15.6. The van der Waals surface area contributed by atoms with Crippen molar-refractivity contribution >= 4 is 27.5 Å². The van der Waals surface area contributed by atoms with E-state index >= 15 is 0 Å². The normalized spacial score (nSPS) is 11.2. The van der Waals surface area contributed by atoms with E-state index in [4.69, 9.17) is 4.74 Å².